The Morgan fingerprint density at radius 3 is 2.72 bits per heavy atom. The van der Waals surface area contributed by atoms with Crippen molar-refractivity contribution in [1.29, 1.82) is 0 Å². The van der Waals surface area contributed by atoms with Crippen molar-refractivity contribution in [1.82, 2.24) is 4.98 Å². The van der Waals surface area contributed by atoms with E-state index in [1.807, 2.05) is 0 Å². The number of carbonyl (C=O) groups is 1. The lowest BCUT2D eigenvalue weighted by atomic mass is 10.3. The first kappa shape index (κ1) is 12.3. The number of rotatable bonds is 3. The molecule has 0 bridgehead atoms. The standard InChI is InChI=1S/C12H7ClFNO3/c13-7-3-1-4-8(10(7)14)18-9-5-2-6-15-11(9)12(16)17/h1-6H,(H,16,17). The van der Waals surface area contributed by atoms with Crippen molar-refractivity contribution in [3.63, 3.8) is 0 Å². The van der Waals surface area contributed by atoms with E-state index in [0.29, 0.717) is 0 Å². The van der Waals surface area contributed by atoms with Crippen LogP contribution in [0.15, 0.2) is 36.5 Å². The fourth-order valence-corrected chi connectivity index (χ4v) is 1.48. The minimum atomic E-state index is -1.26. The van der Waals surface area contributed by atoms with Gasteiger partial charge in [-0.15, -0.1) is 0 Å². The number of pyridine rings is 1. The fraction of sp³-hybridized carbons (Fsp3) is 0. The second-order valence-electron chi connectivity index (χ2n) is 3.31. The summed E-state index contributed by atoms with van der Waals surface area (Å²) in [5.41, 5.74) is -0.295. The number of ether oxygens (including phenoxy) is 1. The Hall–Kier alpha value is -2.14. The van der Waals surface area contributed by atoms with Crippen LogP contribution in [0.2, 0.25) is 5.02 Å². The SMILES string of the molecule is O=C(O)c1ncccc1Oc1cccc(Cl)c1F. The molecule has 92 valence electrons. The molecular weight excluding hydrogens is 261 g/mol. The van der Waals surface area contributed by atoms with Crippen LogP contribution in [0, 0.1) is 5.82 Å². The molecule has 0 spiro atoms. The maximum atomic E-state index is 13.6. The number of aromatic nitrogens is 1. The predicted octanol–water partition coefficient (Wildman–Crippen LogP) is 3.36. The zero-order valence-electron chi connectivity index (χ0n) is 8.93. The fourth-order valence-electron chi connectivity index (χ4n) is 1.31. The van der Waals surface area contributed by atoms with Gasteiger partial charge in [0.05, 0.1) is 5.02 Å². The van der Waals surface area contributed by atoms with E-state index >= 15 is 0 Å². The van der Waals surface area contributed by atoms with Gasteiger partial charge in [-0.05, 0) is 24.3 Å². The van der Waals surface area contributed by atoms with Gasteiger partial charge in [-0.1, -0.05) is 17.7 Å². The lowest BCUT2D eigenvalue weighted by Crippen LogP contribution is -2.03. The molecule has 4 nitrogen and oxygen atoms in total. The van der Waals surface area contributed by atoms with Gasteiger partial charge in [0.2, 0.25) is 0 Å². The first-order valence-corrected chi connectivity index (χ1v) is 5.27. The molecule has 0 aliphatic rings. The van der Waals surface area contributed by atoms with E-state index in [2.05, 4.69) is 4.98 Å². The molecule has 1 aromatic carbocycles. The topological polar surface area (TPSA) is 59.4 Å². The van der Waals surface area contributed by atoms with Crippen molar-refractivity contribution in [2.75, 3.05) is 0 Å². The summed E-state index contributed by atoms with van der Waals surface area (Å²) in [7, 11) is 0. The van der Waals surface area contributed by atoms with Gasteiger partial charge in [-0.2, -0.15) is 0 Å². The van der Waals surface area contributed by atoms with Crippen molar-refractivity contribution >= 4 is 17.6 Å². The summed E-state index contributed by atoms with van der Waals surface area (Å²) >= 11 is 5.60. The first-order valence-electron chi connectivity index (χ1n) is 4.90. The number of halogens is 2. The van der Waals surface area contributed by atoms with Gasteiger partial charge in [0.25, 0.3) is 0 Å². The third-order valence-electron chi connectivity index (χ3n) is 2.11. The average Bonchev–Trinajstić information content (AvgIpc) is 2.35. The second-order valence-corrected chi connectivity index (χ2v) is 3.72. The van der Waals surface area contributed by atoms with Gasteiger partial charge < -0.3 is 9.84 Å². The zero-order chi connectivity index (χ0) is 13.1. The van der Waals surface area contributed by atoms with Crippen LogP contribution in [0.4, 0.5) is 4.39 Å². The Kier molecular flexibility index (Phi) is 3.43. The first-order chi connectivity index (χ1) is 8.59. The van der Waals surface area contributed by atoms with Crippen LogP contribution in [0.1, 0.15) is 10.5 Å². The molecule has 0 fully saturated rings. The maximum Gasteiger partial charge on any atom is 0.358 e. The van der Waals surface area contributed by atoms with E-state index in [0.717, 1.165) is 0 Å². The molecule has 1 heterocycles. The number of nitrogens with zero attached hydrogens (tertiary/aromatic N) is 1. The summed E-state index contributed by atoms with van der Waals surface area (Å²) in [5.74, 6) is -2.21. The molecule has 18 heavy (non-hydrogen) atoms. The minimum absolute atomic E-state index is 0.0498. The molecule has 1 aromatic heterocycles. The molecule has 0 radical (unpaired) electrons. The summed E-state index contributed by atoms with van der Waals surface area (Å²) in [6.45, 7) is 0. The molecule has 0 atom stereocenters. The van der Waals surface area contributed by atoms with Crippen LogP contribution in [0.5, 0.6) is 11.5 Å². The Morgan fingerprint density at radius 2 is 2.00 bits per heavy atom. The van der Waals surface area contributed by atoms with Gasteiger partial charge in [-0.3, -0.25) is 0 Å². The van der Waals surface area contributed by atoms with Crippen molar-refractivity contribution in [2.24, 2.45) is 0 Å². The molecule has 0 aliphatic heterocycles. The van der Waals surface area contributed by atoms with Crippen LogP contribution >= 0.6 is 11.6 Å². The highest BCUT2D eigenvalue weighted by molar-refractivity contribution is 6.30. The number of benzene rings is 1. The Balaban J connectivity index is 2.40. The number of hydrogen-bond donors (Lipinski definition) is 1. The average molecular weight is 268 g/mol. The molecular formula is C12H7ClFNO3. The molecule has 1 N–H and O–H groups in total. The van der Waals surface area contributed by atoms with Gasteiger partial charge >= 0.3 is 5.97 Å². The minimum Gasteiger partial charge on any atom is -0.476 e. The molecule has 2 aromatic rings. The molecule has 0 saturated carbocycles. The predicted molar refractivity (Wildman–Crippen MR) is 62.7 cm³/mol. The number of aromatic carboxylic acids is 1. The Labute approximate surface area is 107 Å². The van der Waals surface area contributed by atoms with Gasteiger partial charge in [0, 0.05) is 6.20 Å². The highest BCUT2D eigenvalue weighted by Crippen LogP contribution is 2.29. The smallest absolute Gasteiger partial charge is 0.358 e. The quantitative estimate of drug-likeness (QED) is 0.926. The van der Waals surface area contributed by atoms with Crippen LogP contribution in [0.25, 0.3) is 0 Å². The summed E-state index contributed by atoms with van der Waals surface area (Å²) in [5, 5.41) is 8.80. The lowest BCUT2D eigenvalue weighted by molar-refractivity contribution is 0.0687. The molecule has 2 rings (SSSR count). The molecule has 0 unspecified atom stereocenters. The van der Waals surface area contributed by atoms with Gasteiger partial charge in [0.15, 0.2) is 23.0 Å². The lowest BCUT2D eigenvalue weighted by Gasteiger charge is -2.08. The van der Waals surface area contributed by atoms with E-state index in [-0.39, 0.29) is 22.2 Å². The van der Waals surface area contributed by atoms with E-state index < -0.39 is 11.8 Å². The summed E-state index contributed by atoms with van der Waals surface area (Å²) in [4.78, 5) is 14.5. The highest BCUT2D eigenvalue weighted by Gasteiger charge is 2.15. The number of carboxylic acid groups (broad SMARTS) is 1. The maximum absolute atomic E-state index is 13.6. The van der Waals surface area contributed by atoms with Gasteiger partial charge in [0.1, 0.15) is 0 Å². The monoisotopic (exact) mass is 267 g/mol. The van der Waals surface area contributed by atoms with Crippen molar-refractivity contribution in [3.8, 4) is 11.5 Å². The third kappa shape index (κ3) is 2.41. The molecule has 0 saturated heterocycles. The van der Waals surface area contributed by atoms with Crippen LogP contribution < -0.4 is 4.74 Å². The molecule has 0 amide bonds. The van der Waals surface area contributed by atoms with Crippen molar-refractivity contribution in [2.45, 2.75) is 0 Å². The van der Waals surface area contributed by atoms with Crippen molar-refractivity contribution < 1.29 is 19.0 Å². The Morgan fingerprint density at radius 1 is 1.28 bits per heavy atom. The normalized spacial score (nSPS) is 10.1. The van der Waals surface area contributed by atoms with Crippen LogP contribution in [0.3, 0.4) is 0 Å². The summed E-state index contributed by atoms with van der Waals surface area (Å²) in [6.07, 6.45) is 1.31. The van der Waals surface area contributed by atoms with E-state index in [9.17, 15) is 9.18 Å². The van der Waals surface area contributed by atoms with E-state index in [4.69, 9.17) is 21.4 Å². The van der Waals surface area contributed by atoms with Crippen LogP contribution in [-0.4, -0.2) is 16.1 Å². The Bertz CT molecular complexity index is 604. The molecule has 6 heteroatoms. The second kappa shape index (κ2) is 5.01. The molecule has 0 aliphatic carbocycles. The van der Waals surface area contributed by atoms with Crippen molar-refractivity contribution in [3.05, 3.63) is 53.1 Å². The van der Waals surface area contributed by atoms with Crippen LogP contribution in [-0.2, 0) is 0 Å². The number of hydrogen-bond acceptors (Lipinski definition) is 3. The van der Waals surface area contributed by atoms with Gasteiger partial charge in [-0.25, -0.2) is 14.2 Å². The largest absolute Gasteiger partial charge is 0.476 e. The summed E-state index contributed by atoms with van der Waals surface area (Å²) in [6, 6.07) is 7.09. The third-order valence-corrected chi connectivity index (χ3v) is 2.40. The van der Waals surface area contributed by atoms with E-state index in [1.165, 1.54) is 36.5 Å². The highest BCUT2D eigenvalue weighted by atomic mass is 35.5. The number of carboxylic acids is 1. The summed E-state index contributed by atoms with van der Waals surface area (Å²) < 4.78 is 18.8. The van der Waals surface area contributed by atoms with E-state index in [1.54, 1.807) is 0 Å². The zero-order valence-corrected chi connectivity index (χ0v) is 9.69.